The van der Waals surface area contributed by atoms with Crippen LogP contribution < -0.4 is 5.73 Å². The fourth-order valence-corrected chi connectivity index (χ4v) is 3.02. The highest BCUT2D eigenvalue weighted by atomic mass is 79.9. The Labute approximate surface area is 135 Å². The van der Waals surface area contributed by atoms with Crippen molar-refractivity contribution in [2.75, 3.05) is 0 Å². The SMILES string of the molecule is NCc1ccc(-c2noc(-c3n[nH]c(C4CC4)c3Br)n2)cc1. The highest BCUT2D eigenvalue weighted by Crippen LogP contribution is 2.44. The van der Waals surface area contributed by atoms with Crippen LogP contribution >= 0.6 is 15.9 Å². The summed E-state index contributed by atoms with van der Waals surface area (Å²) >= 11 is 3.58. The van der Waals surface area contributed by atoms with Gasteiger partial charge in [0.25, 0.3) is 5.89 Å². The second-order valence-corrected chi connectivity index (χ2v) is 6.19. The molecule has 2 heterocycles. The van der Waals surface area contributed by atoms with Crippen LogP contribution in [0.25, 0.3) is 23.0 Å². The number of nitrogens with two attached hydrogens (primary N) is 1. The third-order valence-corrected chi connectivity index (χ3v) is 4.60. The van der Waals surface area contributed by atoms with E-state index in [0.29, 0.717) is 29.9 Å². The van der Waals surface area contributed by atoms with Gasteiger partial charge in [0.05, 0.1) is 10.2 Å². The van der Waals surface area contributed by atoms with E-state index in [2.05, 4.69) is 36.3 Å². The van der Waals surface area contributed by atoms with Gasteiger partial charge < -0.3 is 10.3 Å². The summed E-state index contributed by atoms with van der Waals surface area (Å²) in [4.78, 5) is 4.44. The first-order valence-electron chi connectivity index (χ1n) is 7.13. The summed E-state index contributed by atoms with van der Waals surface area (Å²) in [6.45, 7) is 0.516. The molecule has 1 aliphatic carbocycles. The highest BCUT2D eigenvalue weighted by molar-refractivity contribution is 9.10. The van der Waals surface area contributed by atoms with Gasteiger partial charge in [-0.3, -0.25) is 5.10 Å². The molecule has 0 saturated heterocycles. The van der Waals surface area contributed by atoms with E-state index in [9.17, 15) is 0 Å². The van der Waals surface area contributed by atoms with Crippen molar-refractivity contribution in [3.05, 3.63) is 40.0 Å². The van der Waals surface area contributed by atoms with Crippen LogP contribution in [0.2, 0.25) is 0 Å². The molecule has 0 atom stereocenters. The van der Waals surface area contributed by atoms with Gasteiger partial charge >= 0.3 is 0 Å². The number of H-pyrrole nitrogens is 1. The predicted octanol–water partition coefficient (Wildman–Crippen LogP) is 3.23. The van der Waals surface area contributed by atoms with Crippen LogP contribution in [0.3, 0.4) is 0 Å². The molecule has 3 N–H and O–H groups in total. The van der Waals surface area contributed by atoms with Crippen LogP contribution in [0, 0.1) is 0 Å². The maximum absolute atomic E-state index is 5.60. The minimum absolute atomic E-state index is 0.410. The van der Waals surface area contributed by atoms with Crippen LogP contribution in [0.4, 0.5) is 0 Å². The van der Waals surface area contributed by atoms with E-state index >= 15 is 0 Å². The first-order chi connectivity index (χ1) is 10.8. The van der Waals surface area contributed by atoms with Gasteiger partial charge in [-0.15, -0.1) is 0 Å². The van der Waals surface area contributed by atoms with Crippen molar-refractivity contribution < 1.29 is 4.52 Å². The number of benzene rings is 1. The Balaban J connectivity index is 1.65. The minimum atomic E-state index is 0.410. The quantitative estimate of drug-likeness (QED) is 0.745. The van der Waals surface area contributed by atoms with Gasteiger partial charge in [0.2, 0.25) is 5.82 Å². The average molecular weight is 360 g/mol. The first kappa shape index (κ1) is 13.7. The van der Waals surface area contributed by atoms with E-state index in [1.165, 1.54) is 12.8 Å². The molecule has 0 radical (unpaired) electrons. The van der Waals surface area contributed by atoms with E-state index < -0.39 is 0 Å². The number of hydrogen-bond donors (Lipinski definition) is 2. The van der Waals surface area contributed by atoms with Gasteiger partial charge in [-0.25, -0.2) is 0 Å². The lowest BCUT2D eigenvalue weighted by molar-refractivity contribution is 0.430. The van der Waals surface area contributed by atoms with E-state index in [1.807, 2.05) is 24.3 Å². The highest BCUT2D eigenvalue weighted by Gasteiger charge is 2.30. The molecule has 0 bridgehead atoms. The summed E-state index contributed by atoms with van der Waals surface area (Å²) in [6, 6.07) is 7.79. The summed E-state index contributed by atoms with van der Waals surface area (Å²) in [7, 11) is 0. The fourth-order valence-electron chi connectivity index (χ4n) is 2.35. The lowest BCUT2D eigenvalue weighted by Crippen LogP contribution is -1.95. The second-order valence-electron chi connectivity index (χ2n) is 5.40. The first-order valence-corrected chi connectivity index (χ1v) is 7.93. The number of nitrogens with one attached hydrogen (secondary N) is 1. The summed E-state index contributed by atoms with van der Waals surface area (Å²) in [6.07, 6.45) is 2.39. The summed E-state index contributed by atoms with van der Waals surface area (Å²) in [5.41, 5.74) is 9.34. The van der Waals surface area contributed by atoms with Gasteiger partial charge in [0.15, 0.2) is 5.69 Å². The van der Waals surface area contributed by atoms with E-state index in [0.717, 1.165) is 21.3 Å². The maximum Gasteiger partial charge on any atom is 0.279 e. The molecule has 2 aromatic heterocycles. The van der Waals surface area contributed by atoms with E-state index in [1.54, 1.807) is 0 Å². The minimum Gasteiger partial charge on any atom is -0.332 e. The van der Waals surface area contributed by atoms with Crippen molar-refractivity contribution in [2.24, 2.45) is 5.73 Å². The Morgan fingerprint density at radius 1 is 1.27 bits per heavy atom. The number of rotatable bonds is 4. The smallest absolute Gasteiger partial charge is 0.279 e. The molecular weight excluding hydrogens is 346 g/mol. The van der Waals surface area contributed by atoms with Crippen molar-refractivity contribution in [3.8, 4) is 23.0 Å². The molecule has 3 aromatic rings. The summed E-state index contributed by atoms with van der Waals surface area (Å²) in [5.74, 6) is 1.52. The van der Waals surface area contributed by atoms with Gasteiger partial charge in [-0.1, -0.05) is 29.4 Å². The molecule has 6 nitrogen and oxygen atoms in total. The van der Waals surface area contributed by atoms with Crippen molar-refractivity contribution in [3.63, 3.8) is 0 Å². The second kappa shape index (κ2) is 5.33. The van der Waals surface area contributed by atoms with Crippen LogP contribution in [0.15, 0.2) is 33.3 Å². The van der Waals surface area contributed by atoms with Crippen LogP contribution in [0.1, 0.15) is 30.0 Å². The summed E-state index contributed by atoms with van der Waals surface area (Å²) in [5, 5.41) is 11.4. The zero-order chi connectivity index (χ0) is 15.1. The molecule has 0 aliphatic heterocycles. The molecular formula is C15H14BrN5O. The monoisotopic (exact) mass is 359 g/mol. The normalized spacial score (nSPS) is 14.5. The lowest BCUT2D eigenvalue weighted by Gasteiger charge is -1.97. The number of aromatic nitrogens is 4. The molecule has 4 rings (SSSR count). The topological polar surface area (TPSA) is 93.6 Å². The molecule has 112 valence electrons. The molecule has 7 heteroatoms. The lowest BCUT2D eigenvalue weighted by atomic mass is 10.1. The third kappa shape index (κ3) is 2.36. The van der Waals surface area contributed by atoms with Gasteiger partial charge in [0, 0.05) is 18.0 Å². The van der Waals surface area contributed by atoms with Gasteiger partial charge in [-0.2, -0.15) is 10.1 Å². The van der Waals surface area contributed by atoms with E-state index in [4.69, 9.17) is 10.3 Å². The van der Waals surface area contributed by atoms with Crippen LogP contribution in [-0.4, -0.2) is 20.3 Å². The molecule has 22 heavy (non-hydrogen) atoms. The Kier molecular flexibility index (Phi) is 3.31. The Morgan fingerprint density at radius 2 is 2.05 bits per heavy atom. The Hall–Kier alpha value is -1.99. The number of aromatic amines is 1. The molecule has 0 amide bonds. The Bertz CT molecular complexity index is 804. The average Bonchev–Trinajstić information content (AvgIpc) is 3.15. The van der Waals surface area contributed by atoms with E-state index in [-0.39, 0.29) is 0 Å². The third-order valence-electron chi connectivity index (χ3n) is 3.79. The standard InChI is InChI=1S/C15H14BrN5O/c16-11-12(9-5-6-9)19-20-13(11)15-18-14(21-22-15)10-3-1-8(7-17)2-4-10/h1-4,9H,5-7,17H2,(H,19,20). The fraction of sp³-hybridized carbons (Fsp3) is 0.267. The number of halogens is 1. The number of nitrogens with zero attached hydrogens (tertiary/aromatic N) is 3. The summed E-state index contributed by atoms with van der Waals surface area (Å²) < 4.78 is 6.28. The maximum atomic E-state index is 5.60. The zero-order valence-corrected chi connectivity index (χ0v) is 13.3. The molecule has 1 fully saturated rings. The van der Waals surface area contributed by atoms with Crippen LogP contribution in [0.5, 0.6) is 0 Å². The van der Waals surface area contributed by atoms with Crippen molar-refractivity contribution in [1.29, 1.82) is 0 Å². The predicted molar refractivity (Wildman–Crippen MR) is 84.9 cm³/mol. The Morgan fingerprint density at radius 3 is 2.73 bits per heavy atom. The molecule has 1 aromatic carbocycles. The van der Waals surface area contributed by atoms with Gasteiger partial charge in [0.1, 0.15) is 0 Å². The van der Waals surface area contributed by atoms with Crippen molar-refractivity contribution in [1.82, 2.24) is 20.3 Å². The molecule has 1 aliphatic rings. The van der Waals surface area contributed by atoms with Crippen LogP contribution in [-0.2, 0) is 6.54 Å². The largest absolute Gasteiger partial charge is 0.332 e. The van der Waals surface area contributed by atoms with Crippen molar-refractivity contribution in [2.45, 2.75) is 25.3 Å². The zero-order valence-electron chi connectivity index (χ0n) is 11.7. The number of hydrogen-bond acceptors (Lipinski definition) is 5. The molecule has 0 unspecified atom stereocenters. The van der Waals surface area contributed by atoms with Crippen molar-refractivity contribution >= 4 is 15.9 Å². The van der Waals surface area contributed by atoms with Gasteiger partial charge in [-0.05, 0) is 34.3 Å². The molecule has 0 spiro atoms. The molecule has 1 saturated carbocycles.